The maximum atomic E-state index is 5.33. The van der Waals surface area contributed by atoms with E-state index in [4.69, 9.17) is 4.42 Å². The molecule has 1 fully saturated rings. The molecular formula is C11H19ClN2O. The zero-order valence-electron chi connectivity index (χ0n) is 9.03. The molecule has 86 valence electrons. The molecule has 1 saturated heterocycles. The normalized spacial score (nSPS) is 22.3. The topological polar surface area (TPSA) is 37.2 Å². The second kappa shape index (κ2) is 6.16. The number of nitrogens with one attached hydrogen (secondary N) is 2. The van der Waals surface area contributed by atoms with Crippen LogP contribution in [0.1, 0.15) is 25.1 Å². The number of halogens is 1. The van der Waals surface area contributed by atoms with Gasteiger partial charge in [-0.25, -0.2) is 0 Å². The van der Waals surface area contributed by atoms with E-state index in [9.17, 15) is 0 Å². The Balaban J connectivity index is 0.00000112. The molecule has 0 aliphatic carbocycles. The molecule has 1 aromatic heterocycles. The van der Waals surface area contributed by atoms with Crippen molar-refractivity contribution in [3.63, 3.8) is 0 Å². The summed E-state index contributed by atoms with van der Waals surface area (Å²) in [7, 11) is 0. The van der Waals surface area contributed by atoms with E-state index in [-0.39, 0.29) is 12.4 Å². The molecule has 1 aliphatic rings. The van der Waals surface area contributed by atoms with Gasteiger partial charge in [0.1, 0.15) is 5.76 Å². The molecule has 2 N–H and O–H groups in total. The van der Waals surface area contributed by atoms with E-state index >= 15 is 0 Å². The highest BCUT2D eigenvalue weighted by Crippen LogP contribution is 2.13. The third-order valence-corrected chi connectivity index (χ3v) is 2.85. The predicted octanol–water partition coefficient (Wildman–Crippen LogP) is 1.96. The van der Waals surface area contributed by atoms with Crippen molar-refractivity contribution < 1.29 is 4.42 Å². The second-order valence-corrected chi connectivity index (χ2v) is 4.00. The van der Waals surface area contributed by atoms with Gasteiger partial charge in [0.05, 0.1) is 12.3 Å². The zero-order chi connectivity index (χ0) is 9.80. The first-order chi connectivity index (χ1) is 6.86. The summed E-state index contributed by atoms with van der Waals surface area (Å²) in [5, 5.41) is 6.86. The molecule has 1 aromatic rings. The highest BCUT2D eigenvalue weighted by atomic mass is 35.5. The lowest BCUT2D eigenvalue weighted by Gasteiger charge is -2.14. The average molecular weight is 231 g/mol. The molecule has 2 heterocycles. The quantitative estimate of drug-likeness (QED) is 0.831. The molecule has 0 spiro atoms. The minimum atomic E-state index is 0. The van der Waals surface area contributed by atoms with Crippen molar-refractivity contribution >= 4 is 12.4 Å². The van der Waals surface area contributed by atoms with Crippen LogP contribution in [0.4, 0.5) is 0 Å². The van der Waals surface area contributed by atoms with Gasteiger partial charge in [-0.05, 0) is 51.0 Å². The highest BCUT2D eigenvalue weighted by molar-refractivity contribution is 5.85. The van der Waals surface area contributed by atoms with Crippen molar-refractivity contribution in [1.82, 2.24) is 10.6 Å². The van der Waals surface area contributed by atoms with Crippen molar-refractivity contribution in [1.29, 1.82) is 0 Å². The van der Waals surface area contributed by atoms with Gasteiger partial charge in [0.15, 0.2) is 0 Å². The monoisotopic (exact) mass is 230 g/mol. The van der Waals surface area contributed by atoms with Crippen molar-refractivity contribution in [2.45, 2.75) is 19.4 Å². The van der Waals surface area contributed by atoms with E-state index in [0.717, 1.165) is 24.8 Å². The Hall–Kier alpha value is -0.510. The standard InChI is InChI=1S/C11H18N2O.ClH/c1-9(11-3-2-6-14-11)13-8-10-4-5-12-7-10;/h2-3,6,9-10,12-13H,4-5,7-8H2,1H3;1H. The Morgan fingerprint density at radius 2 is 2.53 bits per heavy atom. The zero-order valence-corrected chi connectivity index (χ0v) is 9.85. The minimum Gasteiger partial charge on any atom is -0.468 e. The fourth-order valence-electron chi connectivity index (χ4n) is 1.87. The van der Waals surface area contributed by atoms with Gasteiger partial charge in [-0.2, -0.15) is 0 Å². The average Bonchev–Trinajstić information content (AvgIpc) is 2.87. The Labute approximate surface area is 97.0 Å². The molecule has 1 aliphatic heterocycles. The summed E-state index contributed by atoms with van der Waals surface area (Å²) in [5.74, 6) is 1.81. The third-order valence-electron chi connectivity index (χ3n) is 2.85. The van der Waals surface area contributed by atoms with Crippen molar-refractivity contribution in [2.75, 3.05) is 19.6 Å². The van der Waals surface area contributed by atoms with Gasteiger partial charge in [-0.1, -0.05) is 0 Å². The molecule has 0 radical (unpaired) electrons. The summed E-state index contributed by atoms with van der Waals surface area (Å²) in [6, 6.07) is 4.28. The number of hydrogen-bond acceptors (Lipinski definition) is 3. The first kappa shape index (κ1) is 12.6. The van der Waals surface area contributed by atoms with E-state index in [1.807, 2.05) is 12.1 Å². The minimum absolute atomic E-state index is 0. The largest absolute Gasteiger partial charge is 0.468 e. The SMILES string of the molecule is CC(NCC1CCNC1)c1ccco1.Cl. The van der Waals surface area contributed by atoms with Crippen molar-refractivity contribution in [2.24, 2.45) is 5.92 Å². The van der Waals surface area contributed by atoms with Gasteiger partial charge in [0, 0.05) is 0 Å². The number of furan rings is 1. The van der Waals surface area contributed by atoms with E-state index in [2.05, 4.69) is 17.6 Å². The molecule has 2 atom stereocenters. The lowest BCUT2D eigenvalue weighted by Crippen LogP contribution is -2.26. The summed E-state index contributed by atoms with van der Waals surface area (Å²) in [6.07, 6.45) is 3.02. The molecule has 0 amide bonds. The van der Waals surface area contributed by atoms with Gasteiger partial charge in [0.2, 0.25) is 0 Å². The van der Waals surface area contributed by atoms with Crippen LogP contribution in [-0.2, 0) is 0 Å². The molecule has 2 rings (SSSR count). The molecule has 4 heteroatoms. The highest BCUT2D eigenvalue weighted by Gasteiger charge is 2.15. The van der Waals surface area contributed by atoms with E-state index in [0.29, 0.717) is 6.04 Å². The van der Waals surface area contributed by atoms with Crippen LogP contribution < -0.4 is 10.6 Å². The van der Waals surface area contributed by atoms with E-state index in [1.54, 1.807) is 6.26 Å². The predicted molar refractivity (Wildman–Crippen MR) is 63.4 cm³/mol. The van der Waals surface area contributed by atoms with Gasteiger partial charge in [0.25, 0.3) is 0 Å². The van der Waals surface area contributed by atoms with Gasteiger partial charge in [-0.3, -0.25) is 0 Å². The van der Waals surface area contributed by atoms with Crippen LogP contribution in [0.25, 0.3) is 0 Å². The van der Waals surface area contributed by atoms with Crippen LogP contribution in [0, 0.1) is 5.92 Å². The number of hydrogen-bond donors (Lipinski definition) is 2. The van der Waals surface area contributed by atoms with Crippen LogP contribution >= 0.6 is 12.4 Å². The maximum absolute atomic E-state index is 5.33. The first-order valence-corrected chi connectivity index (χ1v) is 5.34. The van der Waals surface area contributed by atoms with Gasteiger partial charge < -0.3 is 15.1 Å². The molecule has 0 aromatic carbocycles. The van der Waals surface area contributed by atoms with E-state index < -0.39 is 0 Å². The van der Waals surface area contributed by atoms with Crippen LogP contribution in [0.15, 0.2) is 22.8 Å². The lowest BCUT2D eigenvalue weighted by atomic mass is 10.1. The fraction of sp³-hybridized carbons (Fsp3) is 0.636. The van der Waals surface area contributed by atoms with Crippen LogP contribution in [-0.4, -0.2) is 19.6 Å². The summed E-state index contributed by atoms with van der Waals surface area (Å²) >= 11 is 0. The summed E-state index contributed by atoms with van der Waals surface area (Å²) in [4.78, 5) is 0. The first-order valence-electron chi connectivity index (χ1n) is 5.34. The Morgan fingerprint density at radius 1 is 1.67 bits per heavy atom. The Bertz CT molecular complexity index is 258. The van der Waals surface area contributed by atoms with Crippen LogP contribution in [0.3, 0.4) is 0 Å². The lowest BCUT2D eigenvalue weighted by molar-refractivity contribution is 0.403. The summed E-state index contributed by atoms with van der Waals surface area (Å²) < 4.78 is 5.33. The molecule has 3 nitrogen and oxygen atoms in total. The third kappa shape index (κ3) is 3.52. The van der Waals surface area contributed by atoms with Crippen molar-refractivity contribution in [3.05, 3.63) is 24.2 Å². The molecule has 0 saturated carbocycles. The molecule has 2 unspecified atom stereocenters. The summed E-state index contributed by atoms with van der Waals surface area (Å²) in [6.45, 7) is 5.54. The van der Waals surface area contributed by atoms with Gasteiger partial charge >= 0.3 is 0 Å². The summed E-state index contributed by atoms with van der Waals surface area (Å²) in [5.41, 5.74) is 0. The number of rotatable bonds is 4. The smallest absolute Gasteiger partial charge is 0.120 e. The van der Waals surface area contributed by atoms with Gasteiger partial charge in [-0.15, -0.1) is 12.4 Å². The Morgan fingerprint density at radius 3 is 3.13 bits per heavy atom. The van der Waals surface area contributed by atoms with Crippen molar-refractivity contribution in [3.8, 4) is 0 Å². The van der Waals surface area contributed by atoms with Crippen LogP contribution in [0.2, 0.25) is 0 Å². The fourth-order valence-corrected chi connectivity index (χ4v) is 1.87. The van der Waals surface area contributed by atoms with Crippen LogP contribution in [0.5, 0.6) is 0 Å². The Kier molecular flexibility index (Phi) is 5.15. The van der Waals surface area contributed by atoms with E-state index in [1.165, 1.54) is 13.0 Å². The maximum Gasteiger partial charge on any atom is 0.120 e. The molecular weight excluding hydrogens is 212 g/mol. The molecule has 15 heavy (non-hydrogen) atoms. The molecule has 0 bridgehead atoms. The second-order valence-electron chi connectivity index (χ2n) is 4.00.